The van der Waals surface area contributed by atoms with Gasteiger partial charge in [-0.1, -0.05) is 29.8 Å². The Morgan fingerprint density at radius 2 is 2.03 bits per heavy atom. The molecule has 3 heterocycles. The largest absolute Gasteiger partial charge is 0.423 e. The van der Waals surface area contributed by atoms with E-state index in [2.05, 4.69) is 43.9 Å². The van der Waals surface area contributed by atoms with Gasteiger partial charge in [-0.2, -0.15) is 9.97 Å². The molecular weight excluding hydrogens is 366 g/mol. The number of pyridine rings is 1. The lowest BCUT2D eigenvalue weighted by Crippen LogP contribution is -2.36. The van der Waals surface area contributed by atoms with Crippen LogP contribution in [0, 0.1) is 6.92 Å². The molecule has 0 N–H and O–H groups in total. The first kappa shape index (κ1) is 19.0. The van der Waals surface area contributed by atoms with E-state index in [4.69, 9.17) is 9.47 Å². The molecule has 1 aromatic carbocycles. The Morgan fingerprint density at radius 3 is 2.83 bits per heavy atom. The molecule has 1 aliphatic rings. The first-order valence-corrected chi connectivity index (χ1v) is 9.61. The van der Waals surface area contributed by atoms with Crippen LogP contribution in [0.5, 0.6) is 11.8 Å². The van der Waals surface area contributed by atoms with E-state index < -0.39 is 0 Å². The number of ether oxygens (including phenoxy) is 2. The van der Waals surface area contributed by atoms with Crippen molar-refractivity contribution in [2.24, 2.45) is 4.99 Å². The number of morpholine rings is 1. The smallest absolute Gasteiger partial charge is 0.324 e. The van der Waals surface area contributed by atoms with Crippen molar-refractivity contribution in [3.05, 3.63) is 71.7 Å². The van der Waals surface area contributed by atoms with Gasteiger partial charge in [-0.15, -0.1) is 0 Å². The maximum atomic E-state index is 5.84. The van der Waals surface area contributed by atoms with E-state index in [0.29, 0.717) is 31.5 Å². The number of hydrogen-bond acceptors (Lipinski definition) is 7. The normalized spacial score (nSPS) is 14.3. The number of nitrogens with zero attached hydrogens (tertiary/aromatic N) is 5. The zero-order valence-electron chi connectivity index (χ0n) is 16.4. The first-order chi connectivity index (χ1) is 14.3. The molecule has 0 atom stereocenters. The van der Waals surface area contributed by atoms with Crippen molar-refractivity contribution < 1.29 is 9.47 Å². The quantitative estimate of drug-likeness (QED) is 0.602. The lowest BCUT2D eigenvalue weighted by molar-refractivity contribution is 0.122. The summed E-state index contributed by atoms with van der Waals surface area (Å²) < 4.78 is 11.3. The van der Waals surface area contributed by atoms with E-state index in [1.807, 2.05) is 36.5 Å². The van der Waals surface area contributed by atoms with Crippen molar-refractivity contribution in [2.75, 3.05) is 31.2 Å². The monoisotopic (exact) mass is 389 g/mol. The maximum Gasteiger partial charge on any atom is 0.324 e. The van der Waals surface area contributed by atoms with Crippen LogP contribution in [0.4, 0.5) is 5.82 Å². The highest BCUT2D eigenvalue weighted by Gasteiger charge is 2.16. The van der Waals surface area contributed by atoms with Gasteiger partial charge in [0.15, 0.2) is 0 Å². The molecule has 2 aromatic heterocycles. The number of hydrogen-bond donors (Lipinski definition) is 0. The van der Waals surface area contributed by atoms with E-state index in [0.717, 1.165) is 30.2 Å². The van der Waals surface area contributed by atoms with Crippen molar-refractivity contribution in [3.63, 3.8) is 0 Å². The van der Waals surface area contributed by atoms with Crippen LogP contribution in [0.2, 0.25) is 0 Å². The fourth-order valence-corrected chi connectivity index (χ4v) is 3.05. The van der Waals surface area contributed by atoms with Crippen molar-refractivity contribution >= 4 is 12.0 Å². The van der Waals surface area contributed by atoms with Gasteiger partial charge in [-0.3, -0.25) is 9.98 Å². The summed E-state index contributed by atoms with van der Waals surface area (Å²) in [5, 5.41) is 0. The van der Waals surface area contributed by atoms with Crippen LogP contribution in [-0.2, 0) is 11.3 Å². The number of rotatable bonds is 6. The lowest BCUT2D eigenvalue weighted by Gasteiger charge is -2.28. The Bertz CT molecular complexity index is 972. The second kappa shape index (κ2) is 9.25. The summed E-state index contributed by atoms with van der Waals surface area (Å²) in [7, 11) is 0. The fraction of sp³-hybridized carbons (Fsp3) is 0.273. The molecule has 3 aromatic rings. The number of benzene rings is 1. The molecule has 1 saturated heterocycles. The molecule has 0 radical (unpaired) electrons. The summed E-state index contributed by atoms with van der Waals surface area (Å²) in [5.41, 5.74) is 3.07. The number of aryl methyl sites for hydroxylation is 1. The van der Waals surface area contributed by atoms with Gasteiger partial charge in [0.25, 0.3) is 0 Å². The molecular formula is C22H23N5O2. The van der Waals surface area contributed by atoms with Crippen molar-refractivity contribution in [1.82, 2.24) is 15.0 Å². The summed E-state index contributed by atoms with van der Waals surface area (Å²) in [6.45, 7) is 5.45. The van der Waals surface area contributed by atoms with Crippen LogP contribution >= 0.6 is 0 Å². The molecule has 0 aliphatic carbocycles. The number of aliphatic imine (C=N–C) groups is 1. The Kier molecular flexibility index (Phi) is 6.07. The van der Waals surface area contributed by atoms with Gasteiger partial charge in [0.05, 0.1) is 31.6 Å². The average Bonchev–Trinajstić information content (AvgIpc) is 2.75. The molecule has 0 unspecified atom stereocenters. The van der Waals surface area contributed by atoms with Gasteiger partial charge in [0, 0.05) is 31.6 Å². The number of anilines is 1. The molecule has 0 amide bonds. The summed E-state index contributed by atoms with van der Waals surface area (Å²) in [5.74, 6) is 1.42. The summed E-state index contributed by atoms with van der Waals surface area (Å²) >= 11 is 0. The molecule has 1 fully saturated rings. The zero-order valence-corrected chi connectivity index (χ0v) is 16.4. The van der Waals surface area contributed by atoms with Gasteiger partial charge in [0.2, 0.25) is 0 Å². The molecule has 7 heteroatoms. The fourth-order valence-electron chi connectivity index (χ4n) is 3.05. The molecule has 148 valence electrons. The highest BCUT2D eigenvalue weighted by molar-refractivity contribution is 5.79. The van der Waals surface area contributed by atoms with Crippen LogP contribution in [0.1, 0.15) is 16.8 Å². The first-order valence-electron chi connectivity index (χ1n) is 9.61. The average molecular weight is 389 g/mol. The van der Waals surface area contributed by atoms with Crippen molar-refractivity contribution in [3.8, 4) is 11.8 Å². The third kappa shape index (κ3) is 5.36. The van der Waals surface area contributed by atoms with Gasteiger partial charge >= 0.3 is 6.01 Å². The van der Waals surface area contributed by atoms with Gasteiger partial charge in [-0.25, -0.2) is 0 Å². The number of aromatic nitrogens is 3. The predicted octanol–water partition coefficient (Wildman–Crippen LogP) is 3.43. The molecule has 7 nitrogen and oxygen atoms in total. The second-order valence-electron chi connectivity index (χ2n) is 6.77. The van der Waals surface area contributed by atoms with Crippen LogP contribution < -0.4 is 9.64 Å². The second-order valence-corrected chi connectivity index (χ2v) is 6.77. The topological polar surface area (TPSA) is 72.7 Å². The molecule has 0 spiro atoms. The summed E-state index contributed by atoms with van der Waals surface area (Å²) in [6.07, 6.45) is 5.20. The molecule has 0 saturated carbocycles. The molecule has 29 heavy (non-hydrogen) atoms. The molecule has 1 aliphatic heterocycles. The summed E-state index contributed by atoms with van der Waals surface area (Å²) in [6, 6.07) is 14.1. The Hall–Kier alpha value is -3.32. The Labute approximate surface area is 170 Å². The lowest BCUT2D eigenvalue weighted by atomic mass is 10.1. The van der Waals surface area contributed by atoms with E-state index >= 15 is 0 Å². The van der Waals surface area contributed by atoms with Crippen LogP contribution in [0.25, 0.3) is 0 Å². The predicted molar refractivity (Wildman–Crippen MR) is 112 cm³/mol. The van der Waals surface area contributed by atoms with Crippen molar-refractivity contribution in [1.29, 1.82) is 0 Å². The molecule has 0 bridgehead atoms. The minimum Gasteiger partial charge on any atom is -0.423 e. The van der Waals surface area contributed by atoms with E-state index in [1.165, 1.54) is 5.56 Å². The zero-order chi connectivity index (χ0) is 19.9. The standard InChI is InChI=1S/C22H23N5O2/c1-17-4-2-5-18(12-17)14-24-15-19-13-21(27-8-10-28-11-9-27)26-22(25-19)29-20-6-3-7-23-16-20/h2-7,12-14,16H,8-11,15H2,1H3. The van der Waals surface area contributed by atoms with E-state index in [-0.39, 0.29) is 0 Å². The Morgan fingerprint density at radius 1 is 1.14 bits per heavy atom. The third-order valence-electron chi connectivity index (χ3n) is 4.46. The van der Waals surface area contributed by atoms with Gasteiger partial charge in [0.1, 0.15) is 11.6 Å². The van der Waals surface area contributed by atoms with Crippen molar-refractivity contribution in [2.45, 2.75) is 13.5 Å². The SMILES string of the molecule is Cc1cccc(C=NCc2cc(N3CCOCC3)nc(Oc3cccnc3)n2)c1. The highest BCUT2D eigenvalue weighted by atomic mass is 16.5. The Balaban J connectivity index is 1.56. The minimum atomic E-state index is 0.294. The summed E-state index contributed by atoms with van der Waals surface area (Å²) in [4.78, 5) is 19.9. The highest BCUT2D eigenvalue weighted by Crippen LogP contribution is 2.22. The van der Waals surface area contributed by atoms with E-state index in [1.54, 1.807) is 12.4 Å². The van der Waals surface area contributed by atoms with Crippen LogP contribution in [0.15, 0.2) is 59.9 Å². The minimum absolute atomic E-state index is 0.294. The third-order valence-corrected chi connectivity index (χ3v) is 4.46. The maximum absolute atomic E-state index is 5.84. The van der Waals surface area contributed by atoms with E-state index in [9.17, 15) is 0 Å². The molecule has 4 rings (SSSR count). The van der Waals surface area contributed by atoms with Crippen LogP contribution in [-0.4, -0.2) is 47.5 Å². The van der Waals surface area contributed by atoms with Gasteiger partial charge < -0.3 is 14.4 Å². The van der Waals surface area contributed by atoms with Crippen LogP contribution in [0.3, 0.4) is 0 Å². The van der Waals surface area contributed by atoms with Gasteiger partial charge in [-0.05, 0) is 24.6 Å².